The molecule has 0 bridgehead atoms. The van der Waals surface area contributed by atoms with Crippen LogP contribution in [-0.2, 0) is 6.18 Å². The third-order valence-corrected chi connectivity index (χ3v) is 3.01. The number of hydrogen-bond acceptors (Lipinski definition) is 5. The van der Waals surface area contributed by atoms with E-state index in [9.17, 15) is 38.0 Å². The van der Waals surface area contributed by atoms with Crippen molar-refractivity contribution in [2.24, 2.45) is 0 Å². The van der Waals surface area contributed by atoms with E-state index in [1.165, 1.54) is 0 Å². The third kappa shape index (κ3) is 2.48. The molecule has 0 saturated heterocycles. The lowest BCUT2D eigenvalue weighted by Gasteiger charge is -2.09. The second-order valence-electron chi connectivity index (χ2n) is 4.11. The Morgan fingerprint density at radius 3 is 2.36 bits per heavy atom. The maximum absolute atomic E-state index is 12.9. The fourth-order valence-electron chi connectivity index (χ4n) is 1.87. The summed E-state index contributed by atoms with van der Waals surface area (Å²) in [6.45, 7) is 0. The van der Waals surface area contributed by atoms with Crippen LogP contribution in [0.15, 0.2) is 21.7 Å². The van der Waals surface area contributed by atoms with Crippen LogP contribution in [0.4, 0.5) is 18.9 Å². The quantitative estimate of drug-likeness (QED) is 0.612. The fourth-order valence-corrected chi connectivity index (χ4v) is 2.16. The minimum atomic E-state index is -5.14. The lowest BCUT2D eigenvalue weighted by atomic mass is 10.1. The number of rotatable bonds is 1. The average molecular weight is 337 g/mol. The van der Waals surface area contributed by atoms with E-state index in [-0.39, 0.29) is 6.07 Å². The first kappa shape index (κ1) is 15.8. The highest BCUT2D eigenvalue weighted by Crippen LogP contribution is 2.41. The summed E-state index contributed by atoms with van der Waals surface area (Å²) in [5.74, 6) is -1.10. The van der Waals surface area contributed by atoms with Gasteiger partial charge in [0.1, 0.15) is 11.1 Å². The number of nitro groups is 1. The van der Waals surface area contributed by atoms with E-state index in [4.69, 9.17) is 11.6 Å². The molecule has 7 nitrogen and oxygen atoms in total. The number of nitrogens with one attached hydrogen (secondary N) is 1. The fraction of sp³-hybridized carbons (Fsp3) is 0.0909. The Morgan fingerprint density at radius 1 is 1.27 bits per heavy atom. The van der Waals surface area contributed by atoms with Crippen LogP contribution in [0.5, 0.6) is 5.75 Å². The Hall–Kier alpha value is -2.62. The van der Waals surface area contributed by atoms with Crippen molar-refractivity contribution in [3.63, 3.8) is 0 Å². The van der Waals surface area contributed by atoms with Gasteiger partial charge in [0.15, 0.2) is 5.75 Å². The highest BCUT2D eigenvalue weighted by atomic mass is 35.5. The Bertz CT molecular complexity index is 923. The molecule has 0 saturated carbocycles. The molecule has 2 N–H and O–H groups in total. The summed E-state index contributed by atoms with van der Waals surface area (Å²) in [7, 11) is 0. The van der Waals surface area contributed by atoms with Gasteiger partial charge in [0.25, 0.3) is 5.56 Å². The van der Waals surface area contributed by atoms with Crippen LogP contribution < -0.4 is 11.0 Å². The average Bonchev–Trinajstić information content (AvgIpc) is 2.45. The molecule has 0 amide bonds. The van der Waals surface area contributed by atoms with Gasteiger partial charge in [0.2, 0.25) is 5.43 Å². The third-order valence-electron chi connectivity index (χ3n) is 2.72. The number of H-pyrrole nitrogens is 1. The standard InChI is InChI=1S/C11H4ClF3N2O5/c12-4-1-3(11(13,14)15)9(17(21)22)8-7(4)10(20)5(18)2-6(19)16-8/h1-2H,(H,16,19)(H,18,20). The molecule has 0 aliphatic rings. The molecule has 2 aromatic rings. The second-order valence-corrected chi connectivity index (χ2v) is 4.51. The number of benzene rings is 1. The van der Waals surface area contributed by atoms with Crippen molar-refractivity contribution >= 4 is 28.2 Å². The van der Waals surface area contributed by atoms with Gasteiger partial charge in [-0.3, -0.25) is 19.7 Å². The lowest BCUT2D eigenvalue weighted by molar-refractivity contribution is -0.386. The van der Waals surface area contributed by atoms with Gasteiger partial charge in [-0.15, -0.1) is 0 Å². The van der Waals surface area contributed by atoms with Crippen molar-refractivity contribution in [2.45, 2.75) is 6.18 Å². The number of aromatic nitrogens is 1. The molecule has 0 aliphatic carbocycles. The molecule has 1 heterocycles. The van der Waals surface area contributed by atoms with E-state index >= 15 is 0 Å². The number of aromatic amines is 1. The van der Waals surface area contributed by atoms with Gasteiger partial charge in [-0.25, -0.2) is 0 Å². The Balaban J connectivity index is 3.26. The molecular formula is C11H4ClF3N2O5. The van der Waals surface area contributed by atoms with E-state index in [2.05, 4.69) is 0 Å². The summed E-state index contributed by atoms with van der Waals surface area (Å²) >= 11 is 5.58. The predicted molar refractivity (Wildman–Crippen MR) is 69.2 cm³/mol. The smallest absolute Gasteiger partial charge is 0.423 e. The van der Waals surface area contributed by atoms with Gasteiger partial charge in [-0.05, 0) is 6.07 Å². The van der Waals surface area contributed by atoms with E-state index in [0.717, 1.165) is 0 Å². The predicted octanol–water partition coefficient (Wildman–Crippen LogP) is 2.17. The first-order chi connectivity index (χ1) is 10.0. The van der Waals surface area contributed by atoms with Crippen LogP contribution in [0.1, 0.15) is 5.56 Å². The number of alkyl halides is 3. The Morgan fingerprint density at radius 2 is 1.86 bits per heavy atom. The lowest BCUT2D eigenvalue weighted by Crippen LogP contribution is -2.12. The highest BCUT2D eigenvalue weighted by Gasteiger charge is 2.41. The monoisotopic (exact) mass is 336 g/mol. The zero-order valence-corrected chi connectivity index (χ0v) is 10.9. The van der Waals surface area contributed by atoms with Gasteiger partial charge in [0.05, 0.1) is 15.3 Å². The summed E-state index contributed by atoms with van der Waals surface area (Å²) in [4.78, 5) is 34.6. The van der Waals surface area contributed by atoms with Gasteiger partial charge in [0, 0.05) is 6.07 Å². The number of fused-ring (bicyclic) bond motifs is 1. The van der Waals surface area contributed by atoms with Gasteiger partial charge in [-0.1, -0.05) is 11.6 Å². The van der Waals surface area contributed by atoms with Crippen molar-refractivity contribution in [1.29, 1.82) is 0 Å². The molecule has 2 rings (SSSR count). The molecule has 0 spiro atoms. The molecule has 0 atom stereocenters. The largest absolute Gasteiger partial charge is 0.504 e. The Kier molecular flexibility index (Phi) is 3.57. The highest BCUT2D eigenvalue weighted by molar-refractivity contribution is 6.35. The molecule has 22 heavy (non-hydrogen) atoms. The van der Waals surface area contributed by atoms with Crippen LogP contribution in [0.3, 0.4) is 0 Å². The molecule has 0 fully saturated rings. The van der Waals surface area contributed by atoms with E-state index < -0.39 is 55.0 Å². The van der Waals surface area contributed by atoms with Gasteiger partial charge < -0.3 is 10.1 Å². The molecule has 0 radical (unpaired) electrons. The number of nitrogens with zero attached hydrogens (tertiary/aromatic N) is 1. The molecule has 11 heteroatoms. The number of aromatic hydroxyl groups is 1. The van der Waals surface area contributed by atoms with Crippen LogP contribution in [0.2, 0.25) is 5.02 Å². The van der Waals surface area contributed by atoms with E-state index in [0.29, 0.717) is 6.07 Å². The first-order valence-corrected chi connectivity index (χ1v) is 5.76. The minimum absolute atomic E-state index is 0.196. The maximum atomic E-state index is 12.9. The number of hydrogen-bond donors (Lipinski definition) is 2. The van der Waals surface area contributed by atoms with Gasteiger partial charge in [-0.2, -0.15) is 13.2 Å². The number of nitro benzene ring substituents is 1. The topological polar surface area (TPSA) is 113 Å². The summed E-state index contributed by atoms with van der Waals surface area (Å²) in [6, 6.07) is 0.580. The second kappa shape index (κ2) is 4.98. The summed E-state index contributed by atoms with van der Waals surface area (Å²) in [5.41, 5.74) is -6.79. The van der Waals surface area contributed by atoms with Crippen LogP contribution in [0.25, 0.3) is 10.9 Å². The van der Waals surface area contributed by atoms with Crippen LogP contribution in [-0.4, -0.2) is 15.0 Å². The van der Waals surface area contributed by atoms with Crippen LogP contribution >= 0.6 is 11.6 Å². The normalized spacial score (nSPS) is 11.6. The van der Waals surface area contributed by atoms with E-state index in [1.807, 2.05) is 0 Å². The molecule has 0 aliphatic heterocycles. The van der Waals surface area contributed by atoms with Crippen molar-refractivity contribution in [2.75, 3.05) is 0 Å². The SMILES string of the molecule is O=c1cc(O)c(=O)c2c(Cl)cc(C(F)(F)F)c([N+](=O)[O-])c2[nH]1. The zero-order valence-electron chi connectivity index (χ0n) is 10.2. The summed E-state index contributed by atoms with van der Waals surface area (Å²) < 4.78 is 38.7. The van der Waals surface area contributed by atoms with Crippen molar-refractivity contribution in [3.8, 4) is 5.75 Å². The van der Waals surface area contributed by atoms with Crippen molar-refractivity contribution < 1.29 is 23.2 Å². The molecule has 116 valence electrons. The minimum Gasteiger partial charge on any atom is -0.504 e. The number of halogens is 4. The van der Waals surface area contributed by atoms with Crippen LogP contribution in [0, 0.1) is 10.1 Å². The van der Waals surface area contributed by atoms with E-state index in [1.54, 1.807) is 4.98 Å². The van der Waals surface area contributed by atoms with Crippen molar-refractivity contribution in [1.82, 2.24) is 4.98 Å². The zero-order chi connectivity index (χ0) is 16.8. The molecular weight excluding hydrogens is 333 g/mol. The van der Waals surface area contributed by atoms with Gasteiger partial charge >= 0.3 is 11.9 Å². The first-order valence-electron chi connectivity index (χ1n) is 5.38. The molecule has 1 aromatic heterocycles. The molecule has 0 unspecified atom stereocenters. The van der Waals surface area contributed by atoms with Crippen molar-refractivity contribution in [3.05, 3.63) is 53.4 Å². The summed E-state index contributed by atoms with van der Waals surface area (Å²) in [6.07, 6.45) is -5.14. The molecule has 1 aromatic carbocycles. The maximum Gasteiger partial charge on any atom is 0.423 e. The summed E-state index contributed by atoms with van der Waals surface area (Å²) in [5, 5.41) is 18.8. The Labute approximate surface area is 122 Å².